The number of aryl methyl sites for hydroxylation is 1. The molecule has 1 fully saturated rings. The average molecular weight is 383 g/mol. The van der Waals surface area contributed by atoms with E-state index < -0.39 is 0 Å². The molecule has 28 heavy (non-hydrogen) atoms. The van der Waals surface area contributed by atoms with Crippen LogP contribution in [-0.2, 0) is 25.9 Å². The minimum Gasteiger partial charge on any atom is -0.497 e. The summed E-state index contributed by atoms with van der Waals surface area (Å²) in [6.07, 6.45) is 5.14. The van der Waals surface area contributed by atoms with Gasteiger partial charge in [-0.2, -0.15) is 5.10 Å². The molecule has 1 aromatic carbocycles. The first-order valence-electron chi connectivity index (χ1n) is 10.4. The van der Waals surface area contributed by atoms with Crippen molar-refractivity contribution in [2.24, 2.45) is 0 Å². The predicted octanol–water partition coefficient (Wildman–Crippen LogP) is 2.79. The van der Waals surface area contributed by atoms with Crippen LogP contribution < -0.4 is 10.1 Å². The molecule has 2 heterocycles. The van der Waals surface area contributed by atoms with Gasteiger partial charge in [-0.05, 0) is 56.7 Å². The maximum atomic E-state index is 13.0. The van der Waals surface area contributed by atoms with Crippen LogP contribution in [0.25, 0.3) is 0 Å². The van der Waals surface area contributed by atoms with Gasteiger partial charge < -0.3 is 15.0 Å². The van der Waals surface area contributed by atoms with Crippen molar-refractivity contribution >= 4 is 5.91 Å². The van der Waals surface area contributed by atoms with Gasteiger partial charge in [0.2, 0.25) is 0 Å². The summed E-state index contributed by atoms with van der Waals surface area (Å²) < 4.78 is 7.27. The number of nitrogens with zero attached hydrogens (tertiary/aromatic N) is 3. The second-order valence-electron chi connectivity index (χ2n) is 7.76. The predicted molar refractivity (Wildman–Crippen MR) is 109 cm³/mol. The highest BCUT2D eigenvalue weighted by Gasteiger charge is 2.31. The average Bonchev–Trinajstić information content (AvgIpc) is 3.40. The van der Waals surface area contributed by atoms with Crippen molar-refractivity contribution in [1.82, 2.24) is 20.0 Å². The Kier molecular flexibility index (Phi) is 5.67. The fourth-order valence-corrected chi connectivity index (χ4v) is 4.37. The standard InChI is InChI=1S/C22H30N4O2/c1-3-26-20-11-8-17(23-15-16-6-9-18(28-2)10-7-16)14-19(20)21(24-26)22(27)25-12-4-5-13-25/h6-7,9-10,17,23H,3-5,8,11-15H2,1-2H3. The van der Waals surface area contributed by atoms with E-state index in [1.165, 1.54) is 11.3 Å². The Morgan fingerprint density at radius 1 is 1.25 bits per heavy atom. The number of methoxy groups -OCH3 is 1. The summed E-state index contributed by atoms with van der Waals surface area (Å²) in [6.45, 7) is 5.48. The lowest BCUT2D eigenvalue weighted by molar-refractivity contribution is 0.0785. The number of ether oxygens (including phenoxy) is 1. The molecule has 1 amide bonds. The molecular weight excluding hydrogens is 352 g/mol. The lowest BCUT2D eigenvalue weighted by Crippen LogP contribution is -2.35. The number of hydrogen-bond acceptors (Lipinski definition) is 4. The molecule has 0 radical (unpaired) electrons. The van der Waals surface area contributed by atoms with Crippen molar-refractivity contribution in [3.05, 3.63) is 46.8 Å². The van der Waals surface area contributed by atoms with E-state index in [-0.39, 0.29) is 5.91 Å². The first-order valence-corrected chi connectivity index (χ1v) is 10.4. The van der Waals surface area contributed by atoms with Gasteiger partial charge in [0, 0.05) is 43.5 Å². The number of benzene rings is 1. The van der Waals surface area contributed by atoms with Crippen molar-refractivity contribution < 1.29 is 9.53 Å². The van der Waals surface area contributed by atoms with E-state index >= 15 is 0 Å². The van der Waals surface area contributed by atoms with Gasteiger partial charge >= 0.3 is 0 Å². The molecule has 0 saturated carbocycles. The molecule has 6 heteroatoms. The normalized spacial score (nSPS) is 18.9. The zero-order chi connectivity index (χ0) is 19.5. The minimum atomic E-state index is 0.122. The van der Waals surface area contributed by atoms with Crippen molar-refractivity contribution in [2.75, 3.05) is 20.2 Å². The maximum absolute atomic E-state index is 13.0. The number of fused-ring (bicyclic) bond motifs is 1. The molecule has 150 valence electrons. The van der Waals surface area contributed by atoms with Gasteiger partial charge in [0.15, 0.2) is 5.69 Å². The smallest absolute Gasteiger partial charge is 0.274 e. The number of carbonyl (C=O) groups is 1. The second kappa shape index (κ2) is 8.35. The Bertz CT molecular complexity index is 822. The molecule has 1 N–H and O–H groups in total. The first-order chi connectivity index (χ1) is 13.7. The molecule has 1 saturated heterocycles. The SMILES string of the molecule is CCn1nc(C(=O)N2CCCC2)c2c1CCC(NCc1ccc(OC)cc1)C2. The van der Waals surface area contributed by atoms with Crippen LogP contribution in [0.1, 0.15) is 53.5 Å². The maximum Gasteiger partial charge on any atom is 0.274 e. The number of likely N-dealkylation sites (tertiary alicyclic amines) is 1. The summed E-state index contributed by atoms with van der Waals surface area (Å²) in [4.78, 5) is 15.0. The molecule has 1 unspecified atom stereocenters. The molecule has 1 aliphatic heterocycles. The van der Waals surface area contributed by atoms with Gasteiger partial charge in [-0.15, -0.1) is 0 Å². The third kappa shape index (κ3) is 3.78. The zero-order valence-corrected chi connectivity index (χ0v) is 16.9. The van der Waals surface area contributed by atoms with Crippen LogP contribution >= 0.6 is 0 Å². The number of rotatable bonds is 6. The monoisotopic (exact) mass is 382 g/mol. The molecule has 4 rings (SSSR count). The highest BCUT2D eigenvalue weighted by atomic mass is 16.5. The summed E-state index contributed by atoms with van der Waals surface area (Å²) in [6, 6.07) is 8.55. The molecule has 0 bridgehead atoms. The molecular formula is C22H30N4O2. The van der Waals surface area contributed by atoms with Crippen molar-refractivity contribution in [2.45, 2.75) is 58.2 Å². The lowest BCUT2D eigenvalue weighted by atomic mass is 9.91. The van der Waals surface area contributed by atoms with E-state index in [1.807, 2.05) is 21.7 Å². The number of nitrogens with one attached hydrogen (secondary N) is 1. The Labute approximate surface area is 166 Å². The Hall–Kier alpha value is -2.34. The fraction of sp³-hybridized carbons (Fsp3) is 0.545. The molecule has 6 nitrogen and oxygen atoms in total. The molecule has 1 aliphatic carbocycles. The molecule has 2 aromatic rings. The van der Waals surface area contributed by atoms with E-state index in [1.54, 1.807) is 7.11 Å². The quantitative estimate of drug-likeness (QED) is 0.835. The van der Waals surface area contributed by atoms with Crippen LogP contribution in [0, 0.1) is 0 Å². The van der Waals surface area contributed by atoms with E-state index in [0.717, 1.165) is 69.6 Å². The number of amides is 1. The van der Waals surface area contributed by atoms with Gasteiger partial charge in [-0.3, -0.25) is 9.48 Å². The van der Waals surface area contributed by atoms with E-state index in [4.69, 9.17) is 9.84 Å². The molecule has 0 spiro atoms. The van der Waals surface area contributed by atoms with E-state index in [2.05, 4.69) is 24.4 Å². The molecule has 1 aromatic heterocycles. The van der Waals surface area contributed by atoms with E-state index in [9.17, 15) is 4.79 Å². The van der Waals surface area contributed by atoms with Crippen LogP contribution in [0.5, 0.6) is 5.75 Å². The van der Waals surface area contributed by atoms with Crippen LogP contribution in [0.3, 0.4) is 0 Å². The largest absolute Gasteiger partial charge is 0.497 e. The number of aromatic nitrogens is 2. The second-order valence-corrected chi connectivity index (χ2v) is 7.76. The Morgan fingerprint density at radius 2 is 2.00 bits per heavy atom. The topological polar surface area (TPSA) is 59.4 Å². The Morgan fingerprint density at radius 3 is 2.68 bits per heavy atom. The van der Waals surface area contributed by atoms with Crippen LogP contribution in [0.2, 0.25) is 0 Å². The van der Waals surface area contributed by atoms with Gasteiger partial charge in [0.1, 0.15) is 5.75 Å². The zero-order valence-electron chi connectivity index (χ0n) is 16.9. The van der Waals surface area contributed by atoms with E-state index in [0.29, 0.717) is 11.7 Å². The third-order valence-electron chi connectivity index (χ3n) is 6.00. The third-order valence-corrected chi connectivity index (χ3v) is 6.00. The van der Waals surface area contributed by atoms with Crippen molar-refractivity contribution in [3.8, 4) is 5.75 Å². The lowest BCUT2D eigenvalue weighted by Gasteiger charge is -2.25. The summed E-state index contributed by atoms with van der Waals surface area (Å²) in [7, 11) is 1.68. The highest BCUT2D eigenvalue weighted by molar-refractivity contribution is 5.94. The van der Waals surface area contributed by atoms with Crippen LogP contribution in [0.15, 0.2) is 24.3 Å². The summed E-state index contributed by atoms with van der Waals surface area (Å²) in [5.41, 5.74) is 4.35. The van der Waals surface area contributed by atoms with Gasteiger partial charge in [-0.1, -0.05) is 12.1 Å². The summed E-state index contributed by atoms with van der Waals surface area (Å²) in [5.74, 6) is 1.000. The van der Waals surface area contributed by atoms with Crippen molar-refractivity contribution in [3.63, 3.8) is 0 Å². The van der Waals surface area contributed by atoms with Gasteiger partial charge in [0.25, 0.3) is 5.91 Å². The molecule has 2 aliphatic rings. The molecule has 1 atom stereocenters. The summed E-state index contributed by atoms with van der Waals surface area (Å²) in [5, 5.41) is 8.39. The van der Waals surface area contributed by atoms with Crippen LogP contribution in [0.4, 0.5) is 0 Å². The van der Waals surface area contributed by atoms with Gasteiger partial charge in [0.05, 0.1) is 7.11 Å². The number of carbonyl (C=O) groups excluding carboxylic acids is 1. The van der Waals surface area contributed by atoms with Gasteiger partial charge in [-0.25, -0.2) is 0 Å². The summed E-state index contributed by atoms with van der Waals surface area (Å²) >= 11 is 0. The van der Waals surface area contributed by atoms with Crippen molar-refractivity contribution in [1.29, 1.82) is 0 Å². The minimum absolute atomic E-state index is 0.122. The Balaban J connectivity index is 1.47. The fourth-order valence-electron chi connectivity index (χ4n) is 4.37. The van der Waals surface area contributed by atoms with Crippen LogP contribution in [-0.4, -0.2) is 46.8 Å². The number of hydrogen-bond donors (Lipinski definition) is 1. The first kappa shape index (κ1) is 19.0. The highest BCUT2D eigenvalue weighted by Crippen LogP contribution is 2.27.